The first kappa shape index (κ1) is 17.9. The van der Waals surface area contributed by atoms with Crippen molar-refractivity contribution in [2.24, 2.45) is 0 Å². The minimum absolute atomic E-state index is 0.0896. The van der Waals surface area contributed by atoms with Gasteiger partial charge in [0.15, 0.2) is 0 Å². The van der Waals surface area contributed by atoms with Crippen LogP contribution < -0.4 is 10.6 Å². The number of urea groups is 1. The Labute approximate surface area is 149 Å². The molecule has 2 aliphatic rings. The molecule has 0 atom stereocenters. The summed E-state index contributed by atoms with van der Waals surface area (Å²) in [5.74, 6) is 0. The Kier molecular flexibility index (Phi) is 6.08. The lowest BCUT2D eigenvalue weighted by Crippen LogP contribution is -2.46. The zero-order valence-electron chi connectivity index (χ0n) is 14.8. The van der Waals surface area contributed by atoms with Gasteiger partial charge in [0.05, 0.1) is 5.60 Å². The molecule has 3 N–H and O–H groups in total. The van der Waals surface area contributed by atoms with Crippen LogP contribution in [0.1, 0.15) is 63.4 Å². The number of carbonyl (C=O) groups is 1. The predicted octanol–water partition coefficient (Wildman–Crippen LogP) is 3.40. The summed E-state index contributed by atoms with van der Waals surface area (Å²) >= 11 is 0. The average molecular weight is 343 g/mol. The number of hydrogen-bond acceptors (Lipinski definition) is 3. The lowest BCUT2D eigenvalue weighted by molar-refractivity contribution is -0.00761. The number of nitrogens with zero attached hydrogens (tertiary/aromatic N) is 1. The summed E-state index contributed by atoms with van der Waals surface area (Å²) in [5.41, 5.74) is 1.54. The van der Waals surface area contributed by atoms with Gasteiger partial charge in [0.1, 0.15) is 0 Å². The fourth-order valence-corrected chi connectivity index (χ4v) is 3.87. The van der Waals surface area contributed by atoms with E-state index in [1.54, 1.807) is 12.4 Å². The summed E-state index contributed by atoms with van der Waals surface area (Å²) in [7, 11) is 0. The topological polar surface area (TPSA) is 74.2 Å². The maximum atomic E-state index is 12.1. The highest BCUT2D eigenvalue weighted by molar-refractivity contribution is 5.74. The lowest BCUT2D eigenvalue weighted by Gasteiger charge is -2.36. The summed E-state index contributed by atoms with van der Waals surface area (Å²) in [6, 6.07) is 3.82. The van der Waals surface area contributed by atoms with E-state index in [2.05, 4.69) is 21.7 Å². The van der Waals surface area contributed by atoms with Gasteiger partial charge in [-0.1, -0.05) is 17.7 Å². The van der Waals surface area contributed by atoms with Gasteiger partial charge in [-0.15, -0.1) is 0 Å². The number of pyridine rings is 1. The number of aliphatic hydroxyl groups is 1. The van der Waals surface area contributed by atoms with E-state index in [-0.39, 0.29) is 12.1 Å². The van der Waals surface area contributed by atoms with E-state index in [1.807, 2.05) is 12.1 Å². The molecule has 2 amide bonds. The van der Waals surface area contributed by atoms with Gasteiger partial charge in [-0.25, -0.2) is 4.79 Å². The standard InChI is InChI=1S/C20H29N3O2/c24-19(22-14-10-16-5-2-1-3-6-16)23-18-8-11-20(25,12-9-18)17-7-4-13-21-15-17/h4-5,7,13,15,18,25H,1-3,6,8-12,14H2,(H2,22,23,24). The van der Waals surface area contributed by atoms with Crippen molar-refractivity contribution in [3.63, 3.8) is 0 Å². The molecule has 1 aromatic rings. The molecule has 136 valence electrons. The first-order valence-electron chi connectivity index (χ1n) is 9.51. The van der Waals surface area contributed by atoms with Crippen molar-refractivity contribution >= 4 is 6.03 Å². The Morgan fingerprint density at radius 3 is 2.84 bits per heavy atom. The van der Waals surface area contributed by atoms with Crippen LogP contribution >= 0.6 is 0 Å². The Balaban J connectivity index is 1.38. The molecule has 25 heavy (non-hydrogen) atoms. The molecule has 5 nitrogen and oxygen atoms in total. The van der Waals surface area contributed by atoms with Crippen LogP contribution in [0.4, 0.5) is 4.79 Å². The van der Waals surface area contributed by atoms with E-state index < -0.39 is 5.60 Å². The average Bonchev–Trinajstić information content (AvgIpc) is 2.65. The molecular weight excluding hydrogens is 314 g/mol. The molecule has 0 saturated heterocycles. The van der Waals surface area contributed by atoms with Crippen LogP contribution in [-0.4, -0.2) is 28.7 Å². The number of allylic oxidation sites excluding steroid dienone is 1. The fourth-order valence-electron chi connectivity index (χ4n) is 3.87. The van der Waals surface area contributed by atoms with E-state index in [1.165, 1.54) is 31.3 Å². The van der Waals surface area contributed by atoms with E-state index in [4.69, 9.17) is 0 Å². The molecule has 0 bridgehead atoms. The van der Waals surface area contributed by atoms with E-state index >= 15 is 0 Å². The molecule has 1 saturated carbocycles. The Morgan fingerprint density at radius 1 is 1.32 bits per heavy atom. The molecule has 1 aromatic heterocycles. The molecule has 3 rings (SSSR count). The molecule has 1 fully saturated rings. The Hall–Kier alpha value is -1.88. The van der Waals surface area contributed by atoms with E-state index in [9.17, 15) is 9.90 Å². The second-order valence-corrected chi connectivity index (χ2v) is 7.31. The van der Waals surface area contributed by atoms with Gasteiger partial charge in [0.25, 0.3) is 0 Å². The second-order valence-electron chi connectivity index (χ2n) is 7.31. The van der Waals surface area contributed by atoms with Gasteiger partial charge < -0.3 is 15.7 Å². The SMILES string of the molecule is O=C(NCCC1=CCCCC1)NC1CCC(O)(c2cccnc2)CC1. The third kappa shape index (κ3) is 5.05. The smallest absolute Gasteiger partial charge is 0.315 e. The van der Waals surface area contributed by atoms with E-state index in [0.29, 0.717) is 19.4 Å². The number of aromatic nitrogens is 1. The number of amides is 2. The number of nitrogens with one attached hydrogen (secondary N) is 2. The molecule has 0 radical (unpaired) electrons. The van der Waals surface area contributed by atoms with Crippen molar-refractivity contribution in [1.29, 1.82) is 0 Å². The molecule has 0 spiro atoms. The van der Waals surface area contributed by atoms with Crippen molar-refractivity contribution in [3.8, 4) is 0 Å². The summed E-state index contributed by atoms with van der Waals surface area (Å²) in [6.45, 7) is 0.698. The molecule has 5 heteroatoms. The fraction of sp³-hybridized carbons (Fsp3) is 0.600. The van der Waals surface area contributed by atoms with Crippen LogP contribution in [0.5, 0.6) is 0 Å². The summed E-state index contributed by atoms with van der Waals surface area (Å²) < 4.78 is 0. The summed E-state index contributed by atoms with van der Waals surface area (Å²) in [5, 5.41) is 16.8. The van der Waals surface area contributed by atoms with Crippen LogP contribution in [0.25, 0.3) is 0 Å². The first-order chi connectivity index (χ1) is 12.2. The second kappa shape index (κ2) is 8.48. The number of hydrogen-bond donors (Lipinski definition) is 3. The molecule has 1 heterocycles. The van der Waals surface area contributed by atoms with Crippen LogP contribution in [0.15, 0.2) is 36.2 Å². The maximum absolute atomic E-state index is 12.1. The molecule has 0 aromatic carbocycles. The quantitative estimate of drug-likeness (QED) is 0.717. The van der Waals surface area contributed by atoms with Crippen LogP contribution in [0, 0.1) is 0 Å². The van der Waals surface area contributed by atoms with Crippen LogP contribution in [0.3, 0.4) is 0 Å². The molecular formula is C20H29N3O2. The van der Waals surface area contributed by atoms with Crippen molar-refractivity contribution in [3.05, 3.63) is 41.7 Å². The zero-order chi connectivity index (χ0) is 17.5. The van der Waals surface area contributed by atoms with Gasteiger partial charge in [0, 0.05) is 30.5 Å². The number of carbonyl (C=O) groups excluding carboxylic acids is 1. The van der Waals surface area contributed by atoms with Gasteiger partial charge in [0.2, 0.25) is 0 Å². The normalized spacial score (nSPS) is 26.6. The van der Waals surface area contributed by atoms with Gasteiger partial charge in [-0.05, 0) is 63.9 Å². The Bertz CT molecular complexity index is 592. The maximum Gasteiger partial charge on any atom is 0.315 e. The van der Waals surface area contributed by atoms with Crippen molar-refractivity contribution in [2.45, 2.75) is 69.4 Å². The minimum atomic E-state index is -0.809. The minimum Gasteiger partial charge on any atom is -0.385 e. The first-order valence-corrected chi connectivity index (χ1v) is 9.51. The monoisotopic (exact) mass is 343 g/mol. The Morgan fingerprint density at radius 2 is 2.16 bits per heavy atom. The molecule has 0 unspecified atom stereocenters. The predicted molar refractivity (Wildman–Crippen MR) is 98.1 cm³/mol. The largest absolute Gasteiger partial charge is 0.385 e. The lowest BCUT2D eigenvalue weighted by atomic mass is 9.78. The van der Waals surface area contributed by atoms with Crippen molar-refractivity contribution in [2.75, 3.05) is 6.54 Å². The highest BCUT2D eigenvalue weighted by Gasteiger charge is 2.35. The van der Waals surface area contributed by atoms with Crippen molar-refractivity contribution < 1.29 is 9.90 Å². The molecule has 2 aliphatic carbocycles. The highest BCUT2D eigenvalue weighted by Crippen LogP contribution is 2.36. The van der Waals surface area contributed by atoms with Crippen molar-refractivity contribution in [1.82, 2.24) is 15.6 Å². The van der Waals surface area contributed by atoms with Gasteiger partial charge >= 0.3 is 6.03 Å². The third-order valence-electron chi connectivity index (χ3n) is 5.46. The van der Waals surface area contributed by atoms with Crippen LogP contribution in [-0.2, 0) is 5.60 Å². The summed E-state index contributed by atoms with van der Waals surface area (Å²) in [6.07, 6.45) is 14.5. The van der Waals surface area contributed by atoms with E-state index in [0.717, 1.165) is 24.8 Å². The van der Waals surface area contributed by atoms with Gasteiger partial charge in [-0.2, -0.15) is 0 Å². The summed E-state index contributed by atoms with van der Waals surface area (Å²) in [4.78, 5) is 16.2. The van der Waals surface area contributed by atoms with Crippen LogP contribution in [0.2, 0.25) is 0 Å². The number of rotatable bonds is 5. The third-order valence-corrected chi connectivity index (χ3v) is 5.46. The molecule has 0 aliphatic heterocycles. The zero-order valence-corrected chi connectivity index (χ0v) is 14.8. The highest BCUT2D eigenvalue weighted by atomic mass is 16.3. The van der Waals surface area contributed by atoms with Gasteiger partial charge in [-0.3, -0.25) is 4.98 Å².